The van der Waals surface area contributed by atoms with Crippen LogP contribution in [0.25, 0.3) is 0 Å². The zero-order chi connectivity index (χ0) is 10.0. The fourth-order valence-corrected chi connectivity index (χ4v) is 0.977. The van der Waals surface area contributed by atoms with Crippen molar-refractivity contribution in [2.24, 2.45) is 7.05 Å². The summed E-state index contributed by atoms with van der Waals surface area (Å²) >= 11 is 0. The number of nitrogen functional groups attached to an aromatic ring is 1. The fraction of sp³-hybridized carbons (Fsp3) is 0.500. The number of nitrogens with zero attached hydrogens (tertiary/aromatic N) is 2. The molecule has 1 aromatic rings. The lowest BCUT2D eigenvalue weighted by atomic mass is 10.4. The van der Waals surface area contributed by atoms with Crippen LogP contribution >= 0.6 is 0 Å². The van der Waals surface area contributed by atoms with Crippen molar-refractivity contribution in [3.05, 3.63) is 11.5 Å². The maximum atomic E-state index is 11.3. The molecular formula is C8H13N3O2. The minimum Gasteiger partial charge on any atom is -0.461 e. The summed E-state index contributed by atoms with van der Waals surface area (Å²) in [6.07, 6.45) is 0. The van der Waals surface area contributed by atoms with Crippen molar-refractivity contribution in [1.82, 2.24) is 9.55 Å². The van der Waals surface area contributed by atoms with Crippen molar-refractivity contribution in [3.63, 3.8) is 0 Å². The number of ether oxygens (including phenoxy) is 1. The summed E-state index contributed by atoms with van der Waals surface area (Å²) in [6.45, 7) is 3.84. The molecular weight excluding hydrogens is 170 g/mol. The van der Waals surface area contributed by atoms with E-state index in [4.69, 9.17) is 10.5 Å². The van der Waals surface area contributed by atoms with Gasteiger partial charge in [-0.15, -0.1) is 0 Å². The highest BCUT2D eigenvalue weighted by Gasteiger charge is 2.17. The second-order valence-electron chi connectivity index (χ2n) is 2.67. The van der Waals surface area contributed by atoms with Gasteiger partial charge in [-0.2, -0.15) is 0 Å². The standard InChI is InChI=1S/C8H13N3O2/c1-4-13-8(12)6-7(9)11(3)5(2)10-6/h4,9H2,1-3H3. The Kier molecular flexibility index (Phi) is 2.55. The first kappa shape index (κ1) is 9.57. The second-order valence-corrected chi connectivity index (χ2v) is 2.67. The van der Waals surface area contributed by atoms with Crippen LogP contribution in [0.1, 0.15) is 23.2 Å². The average Bonchev–Trinajstić information content (AvgIpc) is 2.33. The summed E-state index contributed by atoms with van der Waals surface area (Å²) in [7, 11) is 1.75. The monoisotopic (exact) mass is 183 g/mol. The summed E-state index contributed by atoms with van der Waals surface area (Å²) in [4.78, 5) is 15.2. The van der Waals surface area contributed by atoms with Gasteiger partial charge in [-0.1, -0.05) is 0 Å². The molecule has 0 saturated heterocycles. The van der Waals surface area contributed by atoms with Crippen LogP contribution in [0, 0.1) is 6.92 Å². The lowest BCUT2D eigenvalue weighted by molar-refractivity contribution is 0.0521. The molecule has 1 aromatic heterocycles. The predicted molar refractivity (Wildman–Crippen MR) is 48.3 cm³/mol. The number of carbonyl (C=O) groups is 1. The van der Waals surface area contributed by atoms with Gasteiger partial charge in [-0.25, -0.2) is 9.78 Å². The van der Waals surface area contributed by atoms with Crippen LogP contribution in [0.2, 0.25) is 0 Å². The van der Waals surface area contributed by atoms with Gasteiger partial charge in [0.05, 0.1) is 6.61 Å². The Balaban J connectivity index is 3.01. The Labute approximate surface area is 76.5 Å². The van der Waals surface area contributed by atoms with Crippen molar-refractivity contribution in [2.45, 2.75) is 13.8 Å². The zero-order valence-electron chi connectivity index (χ0n) is 8.00. The van der Waals surface area contributed by atoms with Crippen molar-refractivity contribution in [2.75, 3.05) is 12.3 Å². The van der Waals surface area contributed by atoms with Gasteiger partial charge < -0.3 is 15.0 Å². The molecule has 0 fully saturated rings. The van der Waals surface area contributed by atoms with Crippen LogP contribution in [0.4, 0.5) is 5.82 Å². The third kappa shape index (κ3) is 1.63. The maximum Gasteiger partial charge on any atom is 0.360 e. The van der Waals surface area contributed by atoms with E-state index in [0.29, 0.717) is 18.2 Å². The van der Waals surface area contributed by atoms with Gasteiger partial charge in [-0.3, -0.25) is 0 Å². The third-order valence-corrected chi connectivity index (χ3v) is 1.83. The molecule has 0 aromatic carbocycles. The number of anilines is 1. The molecule has 0 radical (unpaired) electrons. The van der Waals surface area contributed by atoms with Crippen LogP contribution in [0.3, 0.4) is 0 Å². The van der Waals surface area contributed by atoms with Crippen molar-refractivity contribution < 1.29 is 9.53 Å². The highest BCUT2D eigenvalue weighted by atomic mass is 16.5. The Hall–Kier alpha value is -1.52. The Morgan fingerprint density at radius 3 is 2.69 bits per heavy atom. The quantitative estimate of drug-likeness (QED) is 0.677. The number of carbonyl (C=O) groups excluding carboxylic acids is 1. The van der Waals surface area contributed by atoms with E-state index in [1.165, 1.54) is 0 Å². The molecule has 1 rings (SSSR count). The van der Waals surface area contributed by atoms with E-state index < -0.39 is 5.97 Å². The molecule has 5 heteroatoms. The summed E-state index contributed by atoms with van der Waals surface area (Å²) < 4.78 is 6.43. The summed E-state index contributed by atoms with van der Waals surface area (Å²) in [5, 5.41) is 0. The lowest BCUT2D eigenvalue weighted by Crippen LogP contribution is -2.08. The number of nitrogens with two attached hydrogens (primary N) is 1. The average molecular weight is 183 g/mol. The summed E-state index contributed by atoms with van der Waals surface area (Å²) in [6, 6.07) is 0. The first-order valence-electron chi connectivity index (χ1n) is 4.03. The molecule has 0 amide bonds. The van der Waals surface area contributed by atoms with E-state index >= 15 is 0 Å². The first-order chi connectivity index (χ1) is 6.07. The van der Waals surface area contributed by atoms with Crippen LogP contribution in [0.15, 0.2) is 0 Å². The van der Waals surface area contributed by atoms with E-state index in [9.17, 15) is 4.79 Å². The molecule has 0 atom stereocenters. The number of aromatic nitrogens is 2. The predicted octanol–water partition coefficient (Wildman–Crippen LogP) is 0.487. The van der Waals surface area contributed by atoms with Crippen LogP contribution in [-0.4, -0.2) is 22.1 Å². The molecule has 5 nitrogen and oxygen atoms in total. The third-order valence-electron chi connectivity index (χ3n) is 1.83. The Bertz CT molecular complexity index is 330. The Morgan fingerprint density at radius 1 is 1.69 bits per heavy atom. The van der Waals surface area contributed by atoms with E-state index in [2.05, 4.69) is 4.98 Å². The molecule has 1 heterocycles. The molecule has 0 spiro atoms. The summed E-state index contributed by atoms with van der Waals surface area (Å²) in [5.74, 6) is 0.570. The zero-order valence-corrected chi connectivity index (χ0v) is 8.00. The number of aryl methyl sites for hydroxylation is 1. The van der Waals surface area contributed by atoms with Gasteiger partial charge in [0.2, 0.25) is 0 Å². The molecule has 0 bridgehead atoms. The number of hydrogen-bond donors (Lipinski definition) is 1. The largest absolute Gasteiger partial charge is 0.461 e. The SMILES string of the molecule is CCOC(=O)c1nc(C)n(C)c1N. The second kappa shape index (κ2) is 3.47. The first-order valence-corrected chi connectivity index (χ1v) is 4.03. The van der Waals surface area contributed by atoms with Gasteiger partial charge in [0.1, 0.15) is 11.6 Å². The maximum absolute atomic E-state index is 11.3. The molecule has 0 unspecified atom stereocenters. The van der Waals surface area contributed by atoms with E-state index in [0.717, 1.165) is 0 Å². The molecule has 13 heavy (non-hydrogen) atoms. The summed E-state index contributed by atoms with van der Waals surface area (Å²) in [5.41, 5.74) is 5.83. The van der Waals surface area contributed by atoms with Crippen LogP contribution in [-0.2, 0) is 11.8 Å². The molecule has 2 N–H and O–H groups in total. The number of hydrogen-bond acceptors (Lipinski definition) is 4. The minimum atomic E-state index is -0.469. The van der Waals surface area contributed by atoms with Gasteiger partial charge in [0.15, 0.2) is 5.69 Å². The topological polar surface area (TPSA) is 70.1 Å². The van der Waals surface area contributed by atoms with Gasteiger partial charge >= 0.3 is 5.97 Å². The highest BCUT2D eigenvalue weighted by Crippen LogP contribution is 2.12. The number of imidazole rings is 1. The minimum absolute atomic E-state index is 0.196. The molecule has 0 saturated carbocycles. The fourth-order valence-electron chi connectivity index (χ4n) is 0.977. The lowest BCUT2D eigenvalue weighted by Gasteiger charge is -1.99. The van der Waals surface area contributed by atoms with E-state index in [-0.39, 0.29) is 5.69 Å². The molecule has 0 aliphatic heterocycles. The van der Waals surface area contributed by atoms with Crippen LogP contribution < -0.4 is 5.73 Å². The number of rotatable bonds is 2. The molecule has 72 valence electrons. The molecule has 0 aliphatic rings. The van der Waals surface area contributed by atoms with Gasteiger partial charge in [0, 0.05) is 7.05 Å². The Morgan fingerprint density at radius 2 is 2.31 bits per heavy atom. The highest BCUT2D eigenvalue weighted by molar-refractivity contribution is 5.92. The van der Waals surface area contributed by atoms with Crippen molar-refractivity contribution in [3.8, 4) is 0 Å². The van der Waals surface area contributed by atoms with Crippen molar-refractivity contribution >= 4 is 11.8 Å². The smallest absolute Gasteiger partial charge is 0.360 e. The van der Waals surface area contributed by atoms with Gasteiger partial charge in [-0.05, 0) is 13.8 Å². The van der Waals surface area contributed by atoms with Crippen molar-refractivity contribution in [1.29, 1.82) is 0 Å². The van der Waals surface area contributed by atoms with Gasteiger partial charge in [0.25, 0.3) is 0 Å². The van der Waals surface area contributed by atoms with E-state index in [1.54, 1.807) is 25.5 Å². The van der Waals surface area contributed by atoms with E-state index in [1.807, 2.05) is 0 Å². The molecule has 0 aliphatic carbocycles. The normalized spacial score (nSPS) is 10.1. The number of esters is 1. The van der Waals surface area contributed by atoms with Crippen LogP contribution in [0.5, 0.6) is 0 Å².